The van der Waals surface area contributed by atoms with Crippen LogP contribution in [-0.4, -0.2) is 26.0 Å². The number of aryl methyl sites for hydroxylation is 1. The molecule has 0 radical (unpaired) electrons. The number of aliphatic carboxylic acids is 1. The van der Waals surface area contributed by atoms with Gasteiger partial charge in [0.1, 0.15) is 0 Å². The molecule has 0 amide bonds. The Kier molecular flexibility index (Phi) is 5.47. The number of carboxylic acids is 1. The van der Waals surface area contributed by atoms with Gasteiger partial charge in [-0.15, -0.1) is 0 Å². The van der Waals surface area contributed by atoms with E-state index in [1.54, 1.807) is 19.1 Å². The average Bonchev–Trinajstić information content (AvgIpc) is 2.35. The summed E-state index contributed by atoms with van der Waals surface area (Å²) in [5.74, 6) is -0.868. The lowest BCUT2D eigenvalue weighted by atomic mass is 10.1. The SMILES string of the molecule is Cc1ccc(C=CC(=O)O)cc1S(=O)(=O)NCC(C)C. The van der Waals surface area contributed by atoms with Gasteiger partial charge in [-0.25, -0.2) is 17.9 Å². The van der Waals surface area contributed by atoms with E-state index in [0.29, 0.717) is 17.7 Å². The van der Waals surface area contributed by atoms with Crippen LogP contribution in [0.5, 0.6) is 0 Å². The number of hydrogen-bond acceptors (Lipinski definition) is 3. The van der Waals surface area contributed by atoms with Gasteiger partial charge in [0.2, 0.25) is 10.0 Å². The van der Waals surface area contributed by atoms with Crippen molar-refractivity contribution in [2.24, 2.45) is 5.92 Å². The maximum Gasteiger partial charge on any atom is 0.328 e. The molecule has 1 rings (SSSR count). The average molecular weight is 297 g/mol. The Morgan fingerprint density at radius 3 is 2.60 bits per heavy atom. The molecular weight excluding hydrogens is 278 g/mol. The number of rotatable bonds is 6. The molecule has 0 fully saturated rings. The first-order chi connectivity index (χ1) is 9.22. The predicted octanol–water partition coefficient (Wildman–Crippen LogP) is 2.03. The van der Waals surface area contributed by atoms with Gasteiger partial charge in [-0.1, -0.05) is 26.0 Å². The van der Waals surface area contributed by atoms with Crippen molar-refractivity contribution in [3.63, 3.8) is 0 Å². The van der Waals surface area contributed by atoms with Crippen molar-refractivity contribution in [1.82, 2.24) is 4.72 Å². The maximum atomic E-state index is 12.2. The Morgan fingerprint density at radius 1 is 1.40 bits per heavy atom. The zero-order chi connectivity index (χ0) is 15.3. The van der Waals surface area contributed by atoms with Crippen LogP contribution in [0.2, 0.25) is 0 Å². The minimum Gasteiger partial charge on any atom is -0.478 e. The largest absolute Gasteiger partial charge is 0.478 e. The highest BCUT2D eigenvalue weighted by atomic mass is 32.2. The summed E-state index contributed by atoms with van der Waals surface area (Å²) < 4.78 is 26.9. The molecule has 0 saturated carbocycles. The van der Waals surface area contributed by atoms with Gasteiger partial charge in [-0.2, -0.15) is 0 Å². The molecule has 2 N–H and O–H groups in total. The molecule has 5 nitrogen and oxygen atoms in total. The van der Waals surface area contributed by atoms with Crippen molar-refractivity contribution in [3.8, 4) is 0 Å². The summed E-state index contributed by atoms with van der Waals surface area (Å²) in [7, 11) is -3.58. The third kappa shape index (κ3) is 4.79. The van der Waals surface area contributed by atoms with Crippen molar-refractivity contribution < 1.29 is 18.3 Å². The molecule has 0 spiro atoms. The molecule has 0 heterocycles. The monoisotopic (exact) mass is 297 g/mol. The Labute approximate surface area is 119 Å². The number of benzene rings is 1. The highest BCUT2D eigenvalue weighted by Gasteiger charge is 2.17. The van der Waals surface area contributed by atoms with Crippen LogP contribution in [0, 0.1) is 12.8 Å². The summed E-state index contributed by atoms with van der Waals surface area (Å²) in [6.45, 7) is 5.90. The smallest absolute Gasteiger partial charge is 0.328 e. The Morgan fingerprint density at radius 2 is 2.05 bits per heavy atom. The van der Waals surface area contributed by atoms with Crippen LogP contribution in [-0.2, 0) is 14.8 Å². The first kappa shape index (κ1) is 16.4. The van der Waals surface area contributed by atoms with Crippen LogP contribution in [0.1, 0.15) is 25.0 Å². The number of carboxylic acid groups (broad SMARTS) is 1. The summed E-state index contributed by atoms with van der Waals surface area (Å²) in [6, 6.07) is 4.80. The Bertz CT molecular complexity index is 618. The van der Waals surface area contributed by atoms with Crippen LogP contribution in [0.15, 0.2) is 29.2 Å². The molecule has 110 valence electrons. The first-order valence-corrected chi connectivity index (χ1v) is 7.72. The van der Waals surface area contributed by atoms with Crippen LogP contribution in [0.3, 0.4) is 0 Å². The zero-order valence-corrected chi connectivity index (χ0v) is 12.6. The van der Waals surface area contributed by atoms with Gasteiger partial charge >= 0.3 is 5.97 Å². The third-order valence-corrected chi connectivity index (χ3v) is 4.17. The molecule has 0 aromatic heterocycles. The summed E-state index contributed by atoms with van der Waals surface area (Å²) in [5, 5.41) is 8.59. The molecule has 0 bridgehead atoms. The van der Waals surface area contributed by atoms with E-state index in [2.05, 4.69) is 4.72 Å². The van der Waals surface area contributed by atoms with E-state index in [4.69, 9.17) is 5.11 Å². The Hall–Kier alpha value is -1.66. The van der Waals surface area contributed by atoms with Gasteiger partial charge in [-0.3, -0.25) is 0 Å². The van der Waals surface area contributed by atoms with Crippen LogP contribution in [0.4, 0.5) is 0 Å². The van der Waals surface area contributed by atoms with Crippen molar-refractivity contribution in [2.45, 2.75) is 25.7 Å². The van der Waals surface area contributed by atoms with E-state index in [1.165, 1.54) is 12.1 Å². The minimum atomic E-state index is -3.58. The molecule has 1 aromatic rings. The fraction of sp³-hybridized carbons (Fsp3) is 0.357. The maximum absolute atomic E-state index is 12.2. The number of carbonyl (C=O) groups is 1. The second-order valence-electron chi connectivity index (χ2n) is 4.94. The standard InChI is InChI=1S/C14H19NO4S/c1-10(2)9-15-20(18,19)13-8-12(5-4-11(13)3)6-7-14(16)17/h4-8,10,15H,9H2,1-3H3,(H,16,17). The fourth-order valence-electron chi connectivity index (χ4n) is 1.53. The summed E-state index contributed by atoms with van der Waals surface area (Å²) >= 11 is 0. The van der Waals surface area contributed by atoms with Gasteiger partial charge in [0.15, 0.2) is 0 Å². The van der Waals surface area contributed by atoms with Crippen LogP contribution < -0.4 is 4.72 Å². The van der Waals surface area contributed by atoms with Crippen molar-refractivity contribution in [2.75, 3.05) is 6.54 Å². The van der Waals surface area contributed by atoms with Crippen LogP contribution >= 0.6 is 0 Å². The van der Waals surface area contributed by atoms with E-state index in [-0.39, 0.29) is 10.8 Å². The van der Waals surface area contributed by atoms with Gasteiger partial charge < -0.3 is 5.11 Å². The lowest BCUT2D eigenvalue weighted by molar-refractivity contribution is -0.131. The van der Waals surface area contributed by atoms with E-state index < -0.39 is 16.0 Å². The van der Waals surface area contributed by atoms with Crippen molar-refractivity contribution in [1.29, 1.82) is 0 Å². The topological polar surface area (TPSA) is 83.5 Å². The molecule has 20 heavy (non-hydrogen) atoms. The number of hydrogen-bond donors (Lipinski definition) is 2. The molecule has 0 aliphatic carbocycles. The molecule has 1 aromatic carbocycles. The van der Waals surface area contributed by atoms with Gasteiger partial charge in [-0.05, 0) is 36.1 Å². The third-order valence-electron chi connectivity index (χ3n) is 2.60. The lowest BCUT2D eigenvalue weighted by Gasteiger charge is -2.11. The van der Waals surface area contributed by atoms with E-state index in [0.717, 1.165) is 6.08 Å². The molecule has 0 aliphatic heterocycles. The minimum absolute atomic E-state index is 0.172. The molecule has 6 heteroatoms. The predicted molar refractivity (Wildman–Crippen MR) is 77.9 cm³/mol. The number of nitrogens with one attached hydrogen (secondary N) is 1. The second kappa shape index (κ2) is 6.67. The van der Waals surface area contributed by atoms with Gasteiger partial charge in [0.05, 0.1) is 4.90 Å². The highest BCUT2D eigenvalue weighted by Crippen LogP contribution is 2.18. The summed E-state index contributed by atoms with van der Waals surface area (Å²) in [6.07, 6.45) is 2.34. The summed E-state index contributed by atoms with van der Waals surface area (Å²) in [4.78, 5) is 10.7. The van der Waals surface area contributed by atoms with Gasteiger partial charge in [0, 0.05) is 12.6 Å². The van der Waals surface area contributed by atoms with E-state index in [1.807, 2.05) is 13.8 Å². The van der Waals surface area contributed by atoms with Crippen LogP contribution in [0.25, 0.3) is 6.08 Å². The molecule has 0 aliphatic rings. The first-order valence-electron chi connectivity index (χ1n) is 6.23. The summed E-state index contributed by atoms with van der Waals surface area (Å²) in [5.41, 5.74) is 1.15. The van der Waals surface area contributed by atoms with Crippen molar-refractivity contribution >= 4 is 22.1 Å². The molecule has 0 atom stereocenters. The van der Waals surface area contributed by atoms with E-state index in [9.17, 15) is 13.2 Å². The van der Waals surface area contributed by atoms with E-state index >= 15 is 0 Å². The van der Waals surface area contributed by atoms with Gasteiger partial charge in [0.25, 0.3) is 0 Å². The molecule has 0 unspecified atom stereocenters. The zero-order valence-electron chi connectivity index (χ0n) is 11.8. The number of sulfonamides is 1. The fourth-order valence-corrected chi connectivity index (χ4v) is 3.02. The second-order valence-corrected chi connectivity index (χ2v) is 6.68. The highest BCUT2D eigenvalue weighted by molar-refractivity contribution is 7.89. The lowest BCUT2D eigenvalue weighted by Crippen LogP contribution is -2.28. The van der Waals surface area contributed by atoms with Crippen molar-refractivity contribution in [3.05, 3.63) is 35.4 Å². The molecular formula is C14H19NO4S. The molecule has 0 saturated heterocycles. The Balaban J connectivity index is 3.10. The normalized spacial score (nSPS) is 12.2. The quantitative estimate of drug-likeness (QED) is 0.787.